The first-order valence-corrected chi connectivity index (χ1v) is 7.45. The van der Waals surface area contributed by atoms with Crippen LogP contribution in [0, 0.1) is 12.7 Å². The average Bonchev–Trinajstić information content (AvgIpc) is 2.47. The highest BCUT2D eigenvalue weighted by atomic mass is 19.1. The van der Waals surface area contributed by atoms with E-state index in [0.717, 1.165) is 44.6 Å². The number of nitrogens with two attached hydrogens (primary N) is 1. The van der Waals surface area contributed by atoms with E-state index in [9.17, 15) is 4.39 Å². The molecular weight excluding hydrogens is 255 g/mol. The molecule has 3 nitrogen and oxygen atoms in total. The van der Waals surface area contributed by atoms with Gasteiger partial charge in [0.15, 0.2) is 0 Å². The molecule has 1 aliphatic rings. The van der Waals surface area contributed by atoms with Crippen molar-refractivity contribution < 1.29 is 9.13 Å². The van der Waals surface area contributed by atoms with Crippen LogP contribution in [0.4, 0.5) is 4.39 Å². The maximum Gasteiger partial charge on any atom is 0.126 e. The normalized spacial score (nSPS) is 21.9. The van der Waals surface area contributed by atoms with Gasteiger partial charge in [-0.25, -0.2) is 4.39 Å². The van der Waals surface area contributed by atoms with Crippen LogP contribution in [0.5, 0.6) is 0 Å². The van der Waals surface area contributed by atoms with Crippen LogP contribution in [0.2, 0.25) is 0 Å². The van der Waals surface area contributed by atoms with Gasteiger partial charge < -0.3 is 10.5 Å². The molecular formula is C16H25FN2O. The highest BCUT2D eigenvalue weighted by Crippen LogP contribution is 2.18. The number of halogens is 1. The number of ether oxygens (including phenoxy) is 1. The SMILES string of the molecule is CCC1CN(CCC(N)c2ccc(C)c(F)c2)CCO1. The van der Waals surface area contributed by atoms with E-state index in [0.29, 0.717) is 11.7 Å². The highest BCUT2D eigenvalue weighted by molar-refractivity contribution is 5.25. The summed E-state index contributed by atoms with van der Waals surface area (Å²) in [5.74, 6) is -0.171. The van der Waals surface area contributed by atoms with Gasteiger partial charge in [0.05, 0.1) is 12.7 Å². The Morgan fingerprint density at radius 3 is 3.00 bits per heavy atom. The second kappa shape index (κ2) is 7.16. The number of rotatable bonds is 5. The molecule has 1 fully saturated rings. The lowest BCUT2D eigenvalue weighted by molar-refractivity contribution is -0.0302. The third-order valence-corrected chi connectivity index (χ3v) is 4.06. The van der Waals surface area contributed by atoms with Crippen LogP contribution in [0.25, 0.3) is 0 Å². The fraction of sp³-hybridized carbons (Fsp3) is 0.625. The molecule has 1 heterocycles. The summed E-state index contributed by atoms with van der Waals surface area (Å²) in [5, 5.41) is 0. The average molecular weight is 280 g/mol. The number of hydrogen-bond donors (Lipinski definition) is 1. The molecule has 0 radical (unpaired) electrons. The number of hydrogen-bond acceptors (Lipinski definition) is 3. The van der Waals surface area contributed by atoms with Crippen LogP contribution in [0.3, 0.4) is 0 Å². The monoisotopic (exact) mass is 280 g/mol. The molecule has 2 atom stereocenters. The van der Waals surface area contributed by atoms with Crippen LogP contribution in [0.1, 0.15) is 36.9 Å². The molecule has 1 aromatic rings. The largest absolute Gasteiger partial charge is 0.376 e. The van der Waals surface area contributed by atoms with E-state index >= 15 is 0 Å². The van der Waals surface area contributed by atoms with Crippen molar-refractivity contribution in [3.8, 4) is 0 Å². The minimum Gasteiger partial charge on any atom is -0.376 e. The highest BCUT2D eigenvalue weighted by Gasteiger charge is 2.19. The summed E-state index contributed by atoms with van der Waals surface area (Å²) in [5.41, 5.74) is 7.72. The Morgan fingerprint density at radius 2 is 2.30 bits per heavy atom. The predicted octanol–water partition coefficient (Wildman–Crippen LogP) is 2.63. The molecule has 2 unspecified atom stereocenters. The summed E-state index contributed by atoms with van der Waals surface area (Å²) in [4.78, 5) is 2.39. The van der Waals surface area contributed by atoms with Gasteiger partial charge in [-0.15, -0.1) is 0 Å². The minimum absolute atomic E-state index is 0.104. The number of nitrogens with zero attached hydrogens (tertiary/aromatic N) is 1. The Morgan fingerprint density at radius 1 is 1.50 bits per heavy atom. The van der Waals surface area contributed by atoms with E-state index in [1.54, 1.807) is 19.1 Å². The van der Waals surface area contributed by atoms with Crippen LogP contribution in [0.15, 0.2) is 18.2 Å². The van der Waals surface area contributed by atoms with Crippen LogP contribution < -0.4 is 5.73 Å². The van der Waals surface area contributed by atoms with Crippen LogP contribution >= 0.6 is 0 Å². The summed E-state index contributed by atoms with van der Waals surface area (Å²) >= 11 is 0. The van der Waals surface area contributed by atoms with E-state index in [1.165, 1.54) is 0 Å². The summed E-state index contributed by atoms with van der Waals surface area (Å²) in [6.45, 7) is 7.60. The van der Waals surface area contributed by atoms with Crippen molar-refractivity contribution in [2.75, 3.05) is 26.2 Å². The van der Waals surface area contributed by atoms with Gasteiger partial charge in [-0.05, 0) is 37.0 Å². The Bertz CT molecular complexity index is 438. The summed E-state index contributed by atoms with van der Waals surface area (Å²) in [6, 6.07) is 5.19. The summed E-state index contributed by atoms with van der Waals surface area (Å²) in [7, 11) is 0. The summed E-state index contributed by atoms with van der Waals surface area (Å²) in [6.07, 6.45) is 2.24. The summed E-state index contributed by atoms with van der Waals surface area (Å²) < 4.78 is 19.2. The van der Waals surface area contributed by atoms with Crippen molar-refractivity contribution in [2.45, 2.75) is 38.8 Å². The zero-order chi connectivity index (χ0) is 14.5. The smallest absolute Gasteiger partial charge is 0.126 e. The van der Waals surface area contributed by atoms with Gasteiger partial charge >= 0.3 is 0 Å². The molecule has 0 aromatic heterocycles. The number of morpholine rings is 1. The van der Waals surface area contributed by atoms with Crippen molar-refractivity contribution in [1.82, 2.24) is 4.90 Å². The molecule has 1 aliphatic heterocycles. The molecule has 1 saturated heterocycles. The maximum atomic E-state index is 13.5. The molecule has 0 bridgehead atoms. The quantitative estimate of drug-likeness (QED) is 0.901. The molecule has 4 heteroatoms. The molecule has 20 heavy (non-hydrogen) atoms. The molecule has 2 N–H and O–H groups in total. The van der Waals surface area contributed by atoms with E-state index in [-0.39, 0.29) is 11.9 Å². The predicted molar refractivity (Wildman–Crippen MR) is 79.2 cm³/mol. The van der Waals surface area contributed by atoms with Gasteiger partial charge in [0.25, 0.3) is 0 Å². The van der Waals surface area contributed by atoms with Gasteiger partial charge in [-0.1, -0.05) is 19.1 Å². The van der Waals surface area contributed by atoms with Crippen LogP contribution in [-0.2, 0) is 4.74 Å². The first-order valence-electron chi connectivity index (χ1n) is 7.45. The lowest BCUT2D eigenvalue weighted by Gasteiger charge is -2.33. The van der Waals surface area contributed by atoms with Gasteiger partial charge in [-0.2, -0.15) is 0 Å². The second-order valence-corrected chi connectivity index (χ2v) is 5.61. The van der Waals surface area contributed by atoms with Gasteiger partial charge in [0, 0.05) is 25.7 Å². The molecule has 2 rings (SSSR count). The Balaban J connectivity index is 1.85. The van der Waals surface area contributed by atoms with Crippen molar-refractivity contribution >= 4 is 0 Å². The first-order chi connectivity index (χ1) is 9.60. The Hall–Kier alpha value is -0.970. The van der Waals surface area contributed by atoms with Gasteiger partial charge in [0.1, 0.15) is 5.82 Å². The molecule has 0 saturated carbocycles. The third-order valence-electron chi connectivity index (χ3n) is 4.06. The van der Waals surface area contributed by atoms with Gasteiger partial charge in [0.2, 0.25) is 0 Å². The van der Waals surface area contributed by atoms with Crippen LogP contribution in [-0.4, -0.2) is 37.2 Å². The second-order valence-electron chi connectivity index (χ2n) is 5.61. The van der Waals surface area contributed by atoms with E-state index in [1.807, 2.05) is 6.07 Å². The maximum absolute atomic E-state index is 13.5. The zero-order valence-electron chi connectivity index (χ0n) is 12.4. The van der Waals surface area contributed by atoms with E-state index in [4.69, 9.17) is 10.5 Å². The fourth-order valence-electron chi connectivity index (χ4n) is 2.56. The molecule has 0 aliphatic carbocycles. The Labute approximate surface area is 120 Å². The van der Waals surface area contributed by atoms with Crippen molar-refractivity contribution in [3.63, 3.8) is 0 Å². The molecule has 0 amide bonds. The van der Waals surface area contributed by atoms with Crippen molar-refractivity contribution in [3.05, 3.63) is 35.1 Å². The zero-order valence-corrected chi connectivity index (χ0v) is 12.4. The minimum atomic E-state index is -0.171. The van der Waals surface area contributed by atoms with E-state index < -0.39 is 0 Å². The van der Waals surface area contributed by atoms with Gasteiger partial charge in [-0.3, -0.25) is 4.90 Å². The lowest BCUT2D eigenvalue weighted by atomic mass is 10.0. The Kier molecular flexibility index (Phi) is 5.52. The van der Waals surface area contributed by atoms with Crippen molar-refractivity contribution in [2.24, 2.45) is 5.73 Å². The number of benzene rings is 1. The molecule has 1 aromatic carbocycles. The topological polar surface area (TPSA) is 38.5 Å². The standard InChI is InChI=1S/C16H25FN2O/c1-3-14-11-19(8-9-20-14)7-6-16(18)13-5-4-12(2)15(17)10-13/h4-5,10,14,16H,3,6-9,11,18H2,1-2H3. The number of aryl methyl sites for hydroxylation is 1. The first kappa shape index (κ1) is 15.4. The van der Waals surface area contributed by atoms with Crippen molar-refractivity contribution in [1.29, 1.82) is 0 Å². The fourth-order valence-corrected chi connectivity index (χ4v) is 2.56. The molecule has 0 spiro atoms. The lowest BCUT2D eigenvalue weighted by Crippen LogP contribution is -2.43. The third kappa shape index (κ3) is 4.01. The van der Waals surface area contributed by atoms with E-state index in [2.05, 4.69) is 11.8 Å². The molecule has 112 valence electrons.